The van der Waals surface area contributed by atoms with Crippen molar-refractivity contribution in [2.45, 2.75) is 38.9 Å². The molecule has 0 rings (SSSR count). The lowest BCUT2D eigenvalue weighted by Gasteiger charge is -2.15. The molecular formula is C9H18F3NO. The van der Waals surface area contributed by atoms with E-state index in [1.807, 2.05) is 6.92 Å². The van der Waals surface area contributed by atoms with Crippen LogP contribution in [0.15, 0.2) is 0 Å². The highest BCUT2D eigenvalue weighted by Crippen LogP contribution is 2.20. The second kappa shape index (κ2) is 7.06. The van der Waals surface area contributed by atoms with Gasteiger partial charge in [0.2, 0.25) is 0 Å². The molecule has 0 fully saturated rings. The molecule has 0 aliphatic carbocycles. The Morgan fingerprint density at radius 1 is 1.29 bits per heavy atom. The van der Waals surface area contributed by atoms with Crippen LogP contribution in [0.3, 0.4) is 0 Å². The molecule has 0 aliphatic rings. The molecule has 0 saturated heterocycles. The molecule has 14 heavy (non-hydrogen) atoms. The van der Waals surface area contributed by atoms with Gasteiger partial charge in [-0.25, -0.2) is 0 Å². The van der Waals surface area contributed by atoms with Gasteiger partial charge in [0.15, 0.2) is 0 Å². The van der Waals surface area contributed by atoms with Gasteiger partial charge in [-0.05, 0) is 13.3 Å². The highest BCUT2D eigenvalue weighted by atomic mass is 19.4. The van der Waals surface area contributed by atoms with Crippen molar-refractivity contribution in [2.24, 2.45) is 0 Å². The summed E-state index contributed by atoms with van der Waals surface area (Å²) in [4.78, 5) is 0. The molecule has 0 heterocycles. The number of halogens is 3. The fourth-order valence-corrected chi connectivity index (χ4v) is 1.04. The van der Waals surface area contributed by atoms with Gasteiger partial charge in [-0.1, -0.05) is 6.92 Å². The van der Waals surface area contributed by atoms with Gasteiger partial charge >= 0.3 is 6.18 Å². The number of hydrogen-bond donors (Lipinski definition) is 1. The summed E-state index contributed by atoms with van der Waals surface area (Å²) < 4.78 is 40.7. The van der Waals surface area contributed by atoms with Gasteiger partial charge in [0, 0.05) is 19.2 Å². The van der Waals surface area contributed by atoms with Gasteiger partial charge in [-0.2, -0.15) is 13.2 Å². The van der Waals surface area contributed by atoms with E-state index in [2.05, 4.69) is 5.32 Å². The van der Waals surface area contributed by atoms with E-state index >= 15 is 0 Å². The van der Waals surface area contributed by atoms with Gasteiger partial charge < -0.3 is 10.1 Å². The molecule has 5 heteroatoms. The Morgan fingerprint density at radius 3 is 2.43 bits per heavy atom. The first-order valence-electron chi connectivity index (χ1n) is 4.83. The third kappa shape index (κ3) is 9.80. The van der Waals surface area contributed by atoms with Crippen molar-refractivity contribution in [2.75, 3.05) is 19.8 Å². The van der Waals surface area contributed by atoms with Crippen molar-refractivity contribution >= 4 is 0 Å². The lowest BCUT2D eigenvalue weighted by Crippen LogP contribution is -2.33. The second-order valence-electron chi connectivity index (χ2n) is 3.29. The molecule has 1 unspecified atom stereocenters. The molecule has 0 saturated carbocycles. The van der Waals surface area contributed by atoms with Crippen LogP contribution >= 0.6 is 0 Å². The summed E-state index contributed by atoms with van der Waals surface area (Å²) in [6, 6.07) is -0.541. The van der Waals surface area contributed by atoms with Crippen molar-refractivity contribution in [1.29, 1.82) is 0 Å². The SMILES string of the molecule is CCCOCCNC(C)CC(F)(F)F. The number of hydrogen-bond acceptors (Lipinski definition) is 2. The maximum atomic E-state index is 11.9. The Morgan fingerprint density at radius 2 is 1.93 bits per heavy atom. The van der Waals surface area contributed by atoms with E-state index in [-0.39, 0.29) is 0 Å². The minimum Gasteiger partial charge on any atom is -0.380 e. The maximum Gasteiger partial charge on any atom is 0.390 e. The summed E-state index contributed by atoms with van der Waals surface area (Å²) in [6.07, 6.45) is -3.95. The molecule has 0 aliphatic heterocycles. The van der Waals surface area contributed by atoms with E-state index < -0.39 is 18.6 Å². The largest absolute Gasteiger partial charge is 0.390 e. The first-order valence-corrected chi connectivity index (χ1v) is 4.83. The molecule has 0 aromatic rings. The third-order valence-electron chi connectivity index (χ3n) is 1.63. The van der Waals surface area contributed by atoms with E-state index in [1.165, 1.54) is 6.92 Å². The van der Waals surface area contributed by atoms with Crippen LogP contribution in [0.4, 0.5) is 13.2 Å². The van der Waals surface area contributed by atoms with Crippen LogP contribution in [0.1, 0.15) is 26.7 Å². The number of nitrogens with one attached hydrogen (secondary N) is 1. The predicted molar refractivity (Wildman–Crippen MR) is 49.2 cm³/mol. The van der Waals surface area contributed by atoms with Crippen LogP contribution in [0.5, 0.6) is 0 Å². The number of rotatable bonds is 7. The van der Waals surface area contributed by atoms with Gasteiger partial charge in [-0.15, -0.1) is 0 Å². The van der Waals surface area contributed by atoms with Crippen molar-refractivity contribution in [3.63, 3.8) is 0 Å². The zero-order valence-electron chi connectivity index (χ0n) is 8.66. The smallest absolute Gasteiger partial charge is 0.380 e. The normalized spacial score (nSPS) is 14.4. The third-order valence-corrected chi connectivity index (χ3v) is 1.63. The molecule has 0 aromatic heterocycles. The van der Waals surface area contributed by atoms with Crippen LogP contribution in [0.2, 0.25) is 0 Å². The molecule has 1 N–H and O–H groups in total. The Balaban J connectivity index is 3.31. The topological polar surface area (TPSA) is 21.3 Å². The molecule has 0 radical (unpaired) electrons. The Kier molecular flexibility index (Phi) is 6.92. The Hall–Kier alpha value is -0.290. The molecule has 86 valence electrons. The Labute approximate surface area is 82.8 Å². The van der Waals surface area contributed by atoms with E-state index in [4.69, 9.17) is 4.74 Å². The first-order chi connectivity index (χ1) is 6.45. The standard InChI is InChI=1S/C9H18F3NO/c1-3-5-14-6-4-13-8(2)7-9(10,11)12/h8,13H,3-7H2,1-2H3. The molecular weight excluding hydrogens is 195 g/mol. The van der Waals surface area contributed by atoms with Crippen molar-refractivity contribution in [1.82, 2.24) is 5.32 Å². The van der Waals surface area contributed by atoms with E-state index in [1.54, 1.807) is 0 Å². The van der Waals surface area contributed by atoms with Crippen molar-refractivity contribution in [3.05, 3.63) is 0 Å². The predicted octanol–water partition coefficient (Wildman–Crippen LogP) is 2.34. The molecule has 0 amide bonds. The molecule has 0 bridgehead atoms. The van der Waals surface area contributed by atoms with Crippen molar-refractivity contribution < 1.29 is 17.9 Å². The molecule has 0 aromatic carbocycles. The minimum atomic E-state index is -4.09. The summed E-state index contributed by atoms with van der Waals surface area (Å²) >= 11 is 0. The Bertz CT molecular complexity index is 139. The van der Waals surface area contributed by atoms with Crippen LogP contribution in [0, 0.1) is 0 Å². The van der Waals surface area contributed by atoms with E-state index in [0.717, 1.165) is 6.42 Å². The fourth-order valence-electron chi connectivity index (χ4n) is 1.04. The van der Waals surface area contributed by atoms with Crippen LogP contribution < -0.4 is 5.32 Å². The van der Waals surface area contributed by atoms with Gasteiger partial charge in [0.25, 0.3) is 0 Å². The lowest BCUT2D eigenvalue weighted by molar-refractivity contribution is -0.139. The average molecular weight is 213 g/mol. The minimum absolute atomic E-state index is 0.468. The summed E-state index contributed by atoms with van der Waals surface area (Å²) in [5.41, 5.74) is 0. The maximum absolute atomic E-state index is 11.9. The molecule has 2 nitrogen and oxygen atoms in total. The molecule has 1 atom stereocenters. The van der Waals surface area contributed by atoms with Gasteiger partial charge in [-0.3, -0.25) is 0 Å². The number of ether oxygens (including phenoxy) is 1. The fraction of sp³-hybridized carbons (Fsp3) is 1.00. The first kappa shape index (κ1) is 13.7. The monoisotopic (exact) mass is 213 g/mol. The zero-order valence-corrected chi connectivity index (χ0v) is 8.66. The van der Waals surface area contributed by atoms with Crippen molar-refractivity contribution in [3.8, 4) is 0 Å². The van der Waals surface area contributed by atoms with Gasteiger partial charge in [0.05, 0.1) is 13.0 Å². The molecule has 0 spiro atoms. The quantitative estimate of drug-likeness (QED) is 0.655. The number of alkyl halides is 3. The second-order valence-corrected chi connectivity index (χ2v) is 3.29. The summed E-state index contributed by atoms with van der Waals surface area (Å²) in [5.74, 6) is 0. The summed E-state index contributed by atoms with van der Waals surface area (Å²) in [5, 5.41) is 2.75. The average Bonchev–Trinajstić information content (AvgIpc) is 2.00. The highest BCUT2D eigenvalue weighted by molar-refractivity contribution is 4.65. The van der Waals surface area contributed by atoms with E-state index in [0.29, 0.717) is 19.8 Å². The van der Waals surface area contributed by atoms with E-state index in [9.17, 15) is 13.2 Å². The summed E-state index contributed by atoms with van der Waals surface area (Å²) in [6.45, 7) is 5.11. The summed E-state index contributed by atoms with van der Waals surface area (Å²) in [7, 11) is 0. The zero-order chi connectivity index (χ0) is 11.0. The lowest BCUT2D eigenvalue weighted by atomic mass is 10.2. The van der Waals surface area contributed by atoms with Crippen LogP contribution in [-0.2, 0) is 4.74 Å². The van der Waals surface area contributed by atoms with Crippen LogP contribution in [0.25, 0.3) is 0 Å². The highest BCUT2D eigenvalue weighted by Gasteiger charge is 2.29. The van der Waals surface area contributed by atoms with Gasteiger partial charge in [0.1, 0.15) is 0 Å². The van der Waals surface area contributed by atoms with Crippen LogP contribution in [-0.4, -0.2) is 32.0 Å².